The number of hydroxylamine groups is 2. The average Bonchev–Trinajstić information content (AvgIpc) is 3.02. The van der Waals surface area contributed by atoms with Crippen LogP contribution in [0.25, 0.3) is 0 Å². The lowest BCUT2D eigenvalue weighted by atomic mass is 9.73. The molecule has 4 aliphatic rings. The predicted molar refractivity (Wildman–Crippen MR) is 178 cm³/mol. The van der Waals surface area contributed by atoms with Gasteiger partial charge in [-0.15, -0.1) is 0 Å². The maximum Gasteiger partial charge on any atom is 0.202 e. The van der Waals surface area contributed by atoms with Crippen LogP contribution in [0.5, 0.6) is 17.2 Å². The molecule has 2 aliphatic heterocycles. The second-order valence-electron chi connectivity index (χ2n) is 14.8. The number of aliphatic hydroxyl groups is 2. The maximum absolute atomic E-state index is 13.9. The van der Waals surface area contributed by atoms with Crippen molar-refractivity contribution < 1.29 is 44.2 Å². The van der Waals surface area contributed by atoms with E-state index < -0.39 is 81.5 Å². The van der Waals surface area contributed by atoms with Crippen molar-refractivity contribution in [2.75, 3.05) is 7.11 Å². The summed E-state index contributed by atoms with van der Waals surface area (Å²) in [5.74, 6) is -2.47. The van der Waals surface area contributed by atoms with Gasteiger partial charge in [-0.1, -0.05) is 12.1 Å². The fourth-order valence-corrected chi connectivity index (χ4v) is 7.83. The summed E-state index contributed by atoms with van der Waals surface area (Å²) in [6.45, 7) is 8.92. The molecule has 49 heavy (non-hydrogen) atoms. The van der Waals surface area contributed by atoms with Crippen LogP contribution in [-0.2, 0) is 15.9 Å². The summed E-state index contributed by atoms with van der Waals surface area (Å²) >= 11 is 0. The number of nitrogens with zero attached hydrogens (tertiary/aromatic N) is 3. The molecule has 2 aromatic carbocycles. The first-order chi connectivity index (χ1) is 22.9. The van der Waals surface area contributed by atoms with Gasteiger partial charge in [0.1, 0.15) is 22.8 Å². The number of fused-ring (bicyclic) bond motifs is 3. The van der Waals surface area contributed by atoms with Crippen LogP contribution >= 0.6 is 0 Å². The van der Waals surface area contributed by atoms with Gasteiger partial charge < -0.3 is 50.6 Å². The molecular formula is C35H43N4O10-. The topological polar surface area (TPSA) is 220 Å². The number of phenolic OH excluding ortho intramolecular Hbond substituents is 2. The number of carbonyl (C=O) groups is 2. The number of benzene rings is 2. The summed E-state index contributed by atoms with van der Waals surface area (Å²) in [6.07, 6.45) is -2.39. The van der Waals surface area contributed by atoms with Gasteiger partial charge in [0, 0.05) is 71.6 Å². The highest BCUT2D eigenvalue weighted by atomic mass is 16.7. The van der Waals surface area contributed by atoms with Crippen LogP contribution in [0.4, 0.5) is 0 Å². The Labute approximate surface area is 283 Å². The third-order valence-electron chi connectivity index (χ3n) is 10.0. The Balaban J connectivity index is 1.44. The summed E-state index contributed by atoms with van der Waals surface area (Å²) in [7, 11) is 1.35. The van der Waals surface area contributed by atoms with E-state index in [1.165, 1.54) is 25.5 Å². The highest BCUT2D eigenvalue weighted by Crippen LogP contribution is 2.52. The summed E-state index contributed by atoms with van der Waals surface area (Å²) in [6, 6.07) is 3.80. The van der Waals surface area contributed by atoms with Gasteiger partial charge in [0.05, 0.1) is 48.3 Å². The predicted octanol–water partition coefficient (Wildman–Crippen LogP) is 3.02. The van der Waals surface area contributed by atoms with Crippen LogP contribution in [0.2, 0.25) is 0 Å². The molecule has 6 atom stereocenters. The second-order valence-corrected chi connectivity index (χ2v) is 14.8. The van der Waals surface area contributed by atoms with Crippen molar-refractivity contribution in [1.29, 1.82) is 0 Å². The number of carbonyl (C=O) groups excluding carboxylic acids is 2. The van der Waals surface area contributed by atoms with Crippen molar-refractivity contribution in [2.24, 2.45) is 15.9 Å². The Bertz CT molecular complexity index is 1740. The van der Waals surface area contributed by atoms with Crippen LogP contribution in [0.1, 0.15) is 109 Å². The van der Waals surface area contributed by atoms with Gasteiger partial charge in [0.2, 0.25) is 5.78 Å². The molecule has 0 radical (unpaired) electrons. The first-order valence-electron chi connectivity index (χ1n) is 16.3. The summed E-state index contributed by atoms with van der Waals surface area (Å²) in [5.41, 5.74) is 2.66. The quantitative estimate of drug-likeness (QED) is 0.149. The van der Waals surface area contributed by atoms with Gasteiger partial charge in [-0.05, 0) is 40.7 Å². The lowest BCUT2D eigenvalue weighted by Gasteiger charge is -2.57. The molecule has 2 heterocycles. The molecule has 0 unspecified atom stereocenters. The number of piperidine rings is 1. The molecule has 0 aromatic heterocycles. The standard InChI is InChI=1S/C35H43N4O10/c1-16-28(40)20(36)10-23(48-16)49-22-14-35(45,15-37-38-17-11-33(2,3)39(46)34(4,5)12-17)13-19-25(22)32(44)27-26(30(19)42)29(41)18-8-7-9-21(47-6)24(18)31(27)43/h7-9,15-16,20,22-23,28,40,42,44-45H,10-14,36H2,1-6H3/q-1/b37-15+/t16-,20-,22-,23-,28+,35-/m0/s1. The van der Waals surface area contributed by atoms with E-state index >= 15 is 0 Å². The largest absolute Gasteiger partial charge is 0.784 e. The SMILES string of the molecule is COc1cccc2c1C(=O)c1c(O)c3c(c(O)c1C2=O)C[C@@](O)(/C=N/N=C1CC(C)(C)N([O-])C(C)(C)C1)C[C@@H]3O[C@H]1C[C@H](N)[C@H](O)[C@H](C)O1. The van der Waals surface area contributed by atoms with Crippen LogP contribution in [0.3, 0.4) is 0 Å². The van der Waals surface area contributed by atoms with Gasteiger partial charge >= 0.3 is 0 Å². The Hall–Kier alpha value is -3.76. The zero-order valence-electron chi connectivity index (χ0n) is 28.4. The van der Waals surface area contributed by atoms with Gasteiger partial charge in [-0.3, -0.25) is 9.59 Å². The van der Waals surface area contributed by atoms with E-state index in [0.717, 1.165) is 5.06 Å². The van der Waals surface area contributed by atoms with Crippen molar-refractivity contribution in [3.05, 3.63) is 56.8 Å². The highest BCUT2D eigenvalue weighted by molar-refractivity contribution is 6.31. The number of aliphatic hydroxyl groups excluding tert-OH is 1. The van der Waals surface area contributed by atoms with E-state index in [4.69, 9.17) is 19.9 Å². The van der Waals surface area contributed by atoms with Crippen molar-refractivity contribution in [3.63, 3.8) is 0 Å². The van der Waals surface area contributed by atoms with Crippen molar-refractivity contribution in [1.82, 2.24) is 5.06 Å². The number of hydrogen-bond acceptors (Lipinski definition) is 14. The summed E-state index contributed by atoms with van der Waals surface area (Å²) < 4.78 is 17.5. The molecule has 0 amide bonds. The van der Waals surface area contributed by atoms with Crippen LogP contribution in [0, 0.1) is 5.21 Å². The zero-order valence-corrected chi connectivity index (χ0v) is 28.4. The third-order valence-corrected chi connectivity index (χ3v) is 10.0. The van der Waals surface area contributed by atoms with E-state index in [-0.39, 0.29) is 47.3 Å². The molecule has 2 aliphatic carbocycles. The summed E-state index contributed by atoms with van der Waals surface area (Å²) in [5, 5.41) is 68.3. The number of methoxy groups -OCH3 is 1. The second kappa shape index (κ2) is 12.2. The van der Waals surface area contributed by atoms with Gasteiger partial charge in [-0.25, -0.2) is 0 Å². The van der Waals surface area contributed by atoms with Gasteiger partial charge in [0.15, 0.2) is 12.1 Å². The van der Waals surface area contributed by atoms with Gasteiger partial charge in [-0.2, -0.15) is 10.2 Å². The number of ketones is 2. The van der Waals surface area contributed by atoms with E-state index in [1.807, 2.05) is 27.7 Å². The average molecular weight is 680 g/mol. The molecule has 0 saturated carbocycles. The van der Waals surface area contributed by atoms with E-state index in [9.17, 15) is 35.2 Å². The fraction of sp³-hybridized carbons (Fsp3) is 0.543. The molecule has 2 aromatic rings. The molecule has 264 valence electrons. The highest BCUT2D eigenvalue weighted by Gasteiger charge is 2.48. The van der Waals surface area contributed by atoms with Crippen LogP contribution in [0.15, 0.2) is 28.4 Å². The number of rotatable bonds is 5. The lowest BCUT2D eigenvalue weighted by Crippen LogP contribution is -2.57. The minimum atomic E-state index is -1.82. The Morgan fingerprint density at radius 1 is 1.04 bits per heavy atom. The number of ether oxygens (including phenoxy) is 3. The monoisotopic (exact) mass is 679 g/mol. The first-order valence-corrected chi connectivity index (χ1v) is 16.3. The zero-order chi connectivity index (χ0) is 35.8. The molecule has 2 saturated heterocycles. The molecule has 6 N–H and O–H groups in total. The lowest BCUT2D eigenvalue weighted by molar-refractivity contribution is -0.245. The Morgan fingerprint density at radius 2 is 1.69 bits per heavy atom. The molecule has 14 nitrogen and oxygen atoms in total. The van der Waals surface area contributed by atoms with Crippen molar-refractivity contribution in [3.8, 4) is 17.2 Å². The number of phenols is 2. The van der Waals surface area contributed by atoms with E-state index in [2.05, 4.69) is 10.2 Å². The van der Waals surface area contributed by atoms with Gasteiger partial charge in [0.25, 0.3) is 0 Å². The fourth-order valence-electron chi connectivity index (χ4n) is 7.83. The Morgan fingerprint density at radius 3 is 2.33 bits per heavy atom. The van der Waals surface area contributed by atoms with Crippen molar-refractivity contribution in [2.45, 2.75) is 114 Å². The number of hydrogen-bond donors (Lipinski definition) is 5. The summed E-state index contributed by atoms with van der Waals surface area (Å²) in [4.78, 5) is 27.7. The van der Waals surface area contributed by atoms with Crippen molar-refractivity contribution >= 4 is 23.5 Å². The minimum Gasteiger partial charge on any atom is -0.784 e. The minimum absolute atomic E-state index is 0.00222. The number of aromatic hydroxyl groups is 2. The third kappa shape index (κ3) is 5.94. The molecular weight excluding hydrogens is 636 g/mol. The van der Waals surface area contributed by atoms with E-state index in [1.54, 1.807) is 13.0 Å². The first kappa shape index (κ1) is 35.1. The van der Waals surface area contributed by atoms with E-state index in [0.29, 0.717) is 18.6 Å². The molecule has 0 spiro atoms. The molecule has 6 rings (SSSR count). The molecule has 2 fully saturated rings. The smallest absolute Gasteiger partial charge is 0.202 e. The normalized spacial score (nSPS) is 30.9. The Kier molecular flexibility index (Phi) is 8.76. The molecule has 14 heteroatoms. The molecule has 0 bridgehead atoms. The van der Waals surface area contributed by atoms with Crippen LogP contribution < -0.4 is 10.5 Å². The number of nitrogens with two attached hydrogens (primary N) is 1. The van der Waals surface area contributed by atoms with Crippen LogP contribution in [-0.4, -0.2) is 97.3 Å². The maximum atomic E-state index is 13.9.